The maximum atomic E-state index is 6.58. The van der Waals surface area contributed by atoms with Gasteiger partial charge >= 0.3 is 0 Å². The first-order valence-corrected chi connectivity index (χ1v) is 12.3. The van der Waals surface area contributed by atoms with Crippen molar-refractivity contribution in [3.05, 3.63) is 66.5 Å². The molecule has 1 saturated heterocycles. The highest BCUT2D eigenvalue weighted by atomic mass is 16.8. The Labute approximate surface area is 199 Å². The minimum atomic E-state index is -0.555. The van der Waals surface area contributed by atoms with E-state index >= 15 is 0 Å². The summed E-state index contributed by atoms with van der Waals surface area (Å²) in [6.45, 7) is 4.10. The zero-order valence-electron chi connectivity index (χ0n) is 19.9. The molecule has 0 spiro atoms. The molecule has 3 aromatic heterocycles. The highest BCUT2D eigenvalue weighted by molar-refractivity contribution is 5.81. The summed E-state index contributed by atoms with van der Waals surface area (Å²) in [5.74, 6) is 0.893. The van der Waals surface area contributed by atoms with Gasteiger partial charge in [-0.2, -0.15) is 0 Å². The Morgan fingerprint density at radius 3 is 2.85 bits per heavy atom. The van der Waals surface area contributed by atoms with E-state index in [1.807, 2.05) is 39.2 Å². The van der Waals surface area contributed by atoms with Crippen molar-refractivity contribution in [2.24, 2.45) is 11.3 Å². The first-order chi connectivity index (χ1) is 16.5. The summed E-state index contributed by atoms with van der Waals surface area (Å²) in [4.78, 5) is 9.45. The number of anilines is 1. The summed E-state index contributed by atoms with van der Waals surface area (Å²) in [6.07, 6.45) is 7.54. The standard InChI is InChI=1S/C28H30N4O2/c1-27(2)33-24-23(32-14-11-19-5-4-13-30-26(19)32)20-16-28(20,25(24)34-27)12-10-17-6-7-18-8-9-22(29-3)31-21(18)15-17/h4-9,11,13-15,20,23-25H,10,12,16H2,1-3H3,(H,29,31)/t20-,23-,24+,25+,28?/m1/s1. The molecule has 6 heteroatoms. The molecule has 4 aromatic rings. The Balaban J connectivity index is 1.20. The average molecular weight is 455 g/mol. The van der Waals surface area contributed by atoms with Crippen LogP contribution in [0.2, 0.25) is 0 Å². The van der Waals surface area contributed by atoms with E-state index in [2.05, 4.69) is 52.5 Å². The van der Waals surface area contributed by atoms with Gasteiger partial charge < -0.3 is 19.4 Å². The van der Waals surface area contributed by atoms with Crippen LogP contribution in [0.5, 0.6) is 0 Å². The Bertz CT molecular complexity index is 1410. The van der Waals surface area contributed by atoms with E-state index in [4.69, 9.17) is 19.4 Å². The van der Waals surface area contributed by atoms with Gasteiger partial charge in [-0.05, 0) is 81.0 Å². The molecule has 1 N–H and O–H groups in total. The Hall–Kier alpha value is -2.96. The molecule has 0 radical (unpaired) electrons. The molecule has 1 aliphatic heterocycles. The third-order valence-electron chi connectivity index (χ3n) is 8.31. The molecule has 6 nitrogen and oxygen atoms in total. The molecule has 174 valence electrons. The zero-order chi connectivity index (χ0) is 23.1. The number of pyridine rings is 2. The van der Waals surface area contributed by atoms with Crippen molar-refractivity contribution in [2.45, 2.75) is 57.1 Å². The minimum absolute atomic E-state index is 0.0582. The van der Waals surface area contributed by atoms with Gasteiger partial charge in [-0.15, -0.1) is 0 Å². The van der Waals surface area contributed by atoms with E-state index in [9.17, 15) is 0 Å². The average Bonchev–Trinajstić information content (AvgIpc) is 3.11. The molecule has 2 saturated carbocycles. The molecule has 4 heterocycles. The normalized spacial score (nSPS) is 31.0. The Kier molecular flexibility index (Phi) is 4.22. The van der Waals surface area contributed by atoms with Crippen LogP contribution >= 0.6 is 0 Å². The van der Waals surface area contributed by atoms with Crippen molar-refractivity contribution in [3.8, 4) is 0 Å². The zero-order valence-corrected chi connectivity index (χ0v) is 19.9. The van der Waals surface area contributed by atoms with Crippen molar-refractivity contribution in [1.29, 1.82) is 0 Å². The molecule has 5 atom stereocenters. The second-order valence-electron chi connectivity index (χ2n) is 10.7. The lowest BCUT2D eigenvalue weighted by molar-refractivity contribution is -0.161. The van der Waals surface area contributed by atoms with Crippen LogP contribution in [0, 0.1) is 11.3 Å². The van der Waals surface area contributed by atoms with Gasteiger partial charge in [-0.3, -0.25) is 0 Å². The van der Waals surface area contributed by atoms with Crippen molar-refractivity contribution in [2.75, 3.05) is 12.4 Å². The number of hydrogen-bond donors (Lipinski definition) is 1. The van der Waals surface area contributed by atoms with Gasteiger partial charge in [-0.1, -0.05) is 12.1 Å². The molecular weight excluding hydrogens is 424 g/mol. The van der Waals surface area contributed by atoms with Crippen LogP contribution in [0.4, 0.5) is 5.82 Å². The summed E-state index contributed by atoms with van der Waals surface area (Å²) in [5.41, 5.74) is 3.58. The SMILES string of the molecule is CNc1ccc2ccc(CCC34C[C@@H]3[C@@H](n3ccc5cccnc53)[C@@H]3OC(C)(C)O[C@@H]34)cc2n1. The number of aromatic nitrogens is 3. The van der Waals surface area contributed by atoms with Gasteiger partial charge in [0.1, 0.15) is 17.6 Å². The lowest BCUT2D eigenvalue weighted by Crippen LogP contribution is -2.32. The van der Waals surface area contributed by atoms with E-state index in [0.29, 0.717) is 5.92 Å². The van der Waals surface area contributed by atoms with E-state index in [-0.39, 0.29) is 23.7 Å². The fourth-order valence-electron chi connectivity index (χ4n) is 6.69. The van der Waals surface area contributed by atoms with Crippen molar-refractivity contribution < 1.29 is 9.47 Å². The lowest BCUT2D eigenvalue weighted by atomic mass is 9.91. The first-order valence-electron chi connectivity index (χ1n) is 12.3. The number of fused-ring (bicyclic) bond motifs is 5. The molecule has 2 aliphatic carbocycles. The fourth-order valence-corrected chi connectivity index (χ4v) is 6.69. The van der Waals surface area contributed by atoms with E-state index in [1.54, 1.807) is 0 Å². The largest absolute Gasteiger partial charge is 0.373 e. The fraction of sp³-hybridized carbons (Fsp3) is 0.429. The predicted octanol–water partition coefficient (Wildman–Crippen LogP) is 5.34. The van der Waals surface area contributed by atoms with Gasteiger partial charge in [0.25, 0.3) is 0 Å². The number of ether oxygens (including phenoxy) is 2. The summed E-state index contributed by atoms with van der Waals surface area (Å²) in [7, 11) is 1.91. The van der Waals surface area contributed by atoms with Crippen LogP contribution in [0.1, 0.15) is 38.3 Å². The molecule has 0 amide bonds. The highest BCUT2D eigenvalue weighted by Gasteiger charge is 2.75. The predicted molar refractivity (Wildman–Crippen MR) is 133 cm³/mol. The van der Waals surface area contributed by atoms with Gasteiger partial charge in [0, 0.05) is 35.6 Å². The maximum absolute atomic E-state index is 6.58. The smallest absolute Gasteiger partial charge is 0.163 e. The monoisotopic (exact) mass is 454 g/mol. The summed E-state index contributed by atoms with van der Waals surface area (Å²) < 4.78 is 15.5. The summed E-state index contributed by atoms with van der Waals surface area (Å²) in [6, 6.07) is 17.4. The topological polar surface area (TPSA) is 61.2 Å². The van der Waals surface area contributed by atoms with Crippen LogP contribution in [0.15, 0.2) is 60.9 Å². The molecule has 7 rings (SSSR count). The molecule has 1 unspecified atom stereocenters. The molecule has 34 heavy (non-hydrogen) atoms. The van der Waals surface area contributed by atoms with Crippen molar-refractivity contribution in [3.63, 3.8) is 0 Å². The quantitative estimate of drug-likeness (QED) is 0.441. The lowest BCUT2D eigenvalue weighted by Gasteiger charge is -2.24. The highest BCUT2D eigenvalue weighted by Crippen LogP contribution is 2.73. The third kappa shape index (κ3) is 2.95. The van der Waals surface area contributed by atoms with Gasteiger partial charge in [-0.25, -0.2) is 9.97 Å². The van der Waals surface area contributed by atoms with E-state index < -0.39 is 5.79 Å². The van der Waals surface area contributed by atoms with Crippen molar-refractivity contribution >= 4 is 27.8 Å². The maximum Gasteiger partial charge on any atom is 0.163 e. The van der Waals surface area contributed by atoms with Crippen LogP contribution < -0.4 is 5.32 Å². The summed E-state index contributed by atoms with van der Waals surface area (Å²) >= 11 is 0. The number of aryl methyl sites for hydroxylation is 1. The van der Waals surface area contributed by atoms with E-state index in [0.717, 1.165) is 29.8 Å². The second-order valence-corrected chi connectivity index (χ2v) is 10.7. The van der Waals surface area contributed by atoms with Crippen LogP contribution in [0.3, 0.4) is 0 Å². The third-order valence-corrected chi connectivity index (χ3v) is 8.31. The van der Waals surface area contributed by atoms with Crippen molar-refractivity contribution in [1.82, 2.24) is 14.5 Å². The Morgan fingerprint density at radius 2 is 1.97 bits per heavy atom. The molecule has 0 bridgehead atoms. The number of nitrogens with zero attached hydrogens (tertiary/aromatic N) is 3. The van der Waals surface area contributed by atoms with Crippen LogP contribution in [-0.4, -0.2) is 39.6 Å². The summed E-state index contributed by atoms with van der Waals surface area (Å²) in [5, 5.41) is 5.50. The molecule has 3 aliphatic rings. The number of benzene rings is 1. The Morgan fingerprint density at radius 1 is 1.09 bits per heavy atom. The number of hydrogen-bond acceptors (Lipinski definition) is 5. The van der Waals surface area contributed by atoms with Gasteiger partial charge in [0.2, 0.25) is 0 Å². The van der Waals surface area contributed by atoms with Crippen LogP contribution in [-0.2, 0) is 15.9 Å². The van der Waals surface area contributed by atoms with Gasteiger partial charge in [0.15, 0.2) is 5.79 Å². The second kappa shape index (κ2) is 7.03. The van der Waals surface area contributed by atoms with Gasteiger partial charge in [0.05, 0.1) is 17.7 Å². The van der Waals surface area contributed by atoms with E-state index in [1.165, 1.54) is 22.8 Å². The molecular formula is C28H30N4O2. The number of rotatable bonds is 5. The van der Waals surface area contributed by atoms with Crippen LogP contribution in [0.25, 0.3) is 21.9 Å². The minimum Gasteiger partial charge on any atom is -0.373 e. The first kappa shape index (κ1) is 20.4. The molecule has 3 fully saturated rings. The number of nitrogens with one attached hydrogen (secondary N) is 1. The molecule has 1 aromatic carbocycles.